The standard InChI is InChI=1S/C12H12F3NO3/c1-8(17)6-9-2-4-10(5-3-9)16-11(18)19-7-12(13,14)15/h2-5H,6-7H2,1H3,(H,16,18). The lowest BCUT2D eigenvalue weighted by Crippen LogP contribution is -2.23. The number of ketones is 1. The molecule has 0 atom stereocenters. The van der Waals surface area contributed by atoms with Gasteiger partial charge in [-0.1, -0.05) is 12.1 Å². The van der Waals surface area contributed by atoms with Gasteiger partial charge in [0.25, 0.3) is 0 Å². The highest BCUT2D eigenvalue weighted by Gasteiger charge is 2.29. The van der Waals surface area contributed by atoms with Gasteiger partial charge in [0.05, 0.1) is 0 Å². The second-order valence-electron chi connectivity index (χ2n) is 3.89. The first kappa shape index (κ1) is 15.0. The van der Waals surface area contributed by atoms with Gasteiger partial charge in [0.15, 0.2) is 6.61 Å². The first-order valence-electron chi connectivity index (χ1n) is 5.35. The minimum Gasteiger partial charge on any atom is -0.440 e. The van der Waals surface area contributed by atoms with Gasteiger partial charge in [-0.05, 0) is 24.6 Å². The molecular formula is C12H12F3NO3. The van der Waals surface area contributed by atoms with Crippen molar-refractivity contribution in [1.82, 2.24) is 0 Å². The normalized spacial score (nSPS) is 10.9. The minimum absolute atomic E-state index is 0.00899. The Hall–Kier alpha value is -2.05. The van der Waals surface area contributed by atoms with Crippen molar-refractivity contribution in [3.05, 3.63) is 29.8 Å². The molecule has 1 rings (SSSR count). The second-order valence-corrected chi connectivity index (χ2v) is 3.89. The Kier molecular flexibility index (Phi) is 4.91. The minimum atomic E-state index is -4.55. The molecule has 0 unspecified atom stereocenters. The summed E-state index contributed by atoms with van der Waals surface area (Å²) in [5.41, 5.74) is 1.04. The number of halogens is 3. The van der Waals surface area contributed by atoms with Gasteiger partial charge < -0.3 is 4.74 Å². The summed E-state index contributed by atoms with van der Waals surface area (Å²) in [6.07, 6.45) is -5.47. The van der Waals surface area contributed by atoms with E-state index in [1.54, 1.807) is 12.1 Å². The van der Waals surface area contributed by atoms with E-state index >= 15 is 0 Å². The molecule has 19 heavy (non-hydrogen) atoms. The molecule has 104 valence electrons. The van der Waals surface area contributed by atoms with Crippen LogP contribution >= 0.6 is 0 Å². The monoisotopic (exact) mass is 275 g/mol. The maximum absolute atomic E-state index is 11.8. The zero-order chi connectivity index (χ0) is 14.5. The van der Waals surface area contributed by atoms with Crippen molar-refractivity contribution in [3.63, 3.8) is 0 Å². The van der Waals surface area contributed by atoms with Gasteiger partial charge in [-0.15, -0.1) is 0 Å². The van der Waals surface area contributed by atoms with Crippen LogP contribution in [0.25, 0.3) is 0 Å². The molecule has 1 amide bonds. The number of nitrogens with one attached hydrogen (secondary N) is 1. The highest BCUT2D eigenvalue weighted by molar-refractivity contribution is 5.84. The van der Waals surface area contributed by atoms with Crippen molar-refractivity contribution in [2.24, 2.45) is 0 Å². The molecule has 0 aliphatic rings. The number of alkyl halides is 3. The Morgan fingerprint density at radius 3 is 2.26 bits per heavy atom. The van der Waals surface area contributed by atoms with Gasteiger partial charge in [-0.25, -0.2) is 4.79 Å². The van der Waals surface area contributed by atoms with Gasteiger partial charge in [0, 0.05) is 12.1 Å². The van der Waals surface area contributed by atoms with Gasteiger partial charge >= 0.3 is 12.3 Å². The lowest BCUT2D eigenvalue weighted by Gasteiger charge is -2.09. The van der Waals surface area contributed by atoms with Crippen LogP contribution in [0.3, 0.4) is 0 Å². The van der Waals surface area contributed by atoms with Crippen molar-refractivity contribution in [1.29, 1.82) is 0 Å². The van der Waals surface area contributed by atoms with Crippen LogP contribution in [-0.2, 0) is 16.0 Å². The zero-order valence-corrected chi connectivity index (χ0v) is 10.1. The fraction of sp³-hybridized carbons (Fsp3) is 0.333. The van der Waals surface area contributed by atoms with E-state index in [1.165, 1.54) is 19.1 Å². The number of Topliss-reactive ketones (excluding diaryl/α,β-unsaturated/α-hetero) is 1. The van der Waals surface area contributed by atoms with Crippen LogP contribution in [0.2, 0.25) is 0 Å². The largest absolute Gasteiger partial charge is 0.440 e. The number of benzene rings is 1. The van der Waals surface area contributed by atoms with Gasteiger partial charge in [0.1, 0.15) is 5.78 Å². The lowest BCUT2D eigenvalue weighted by atomic mass is 10.1. The average molecular weight is 275 g/mol. The average Bonchev–Trinajstić information content (AvgIpc) is 2.28. The molecule has 0 aliphatic carbocycles. The van der Waals surface area contributed by atoms with Crippen LogP contribution < -0.4 is 5.32 Å². The van der Waals surface area contributed by atoms with E-state index in [9.17, 15) is 22.8 Å². The third kappa shape index (κ3) is 6.44. The molecule has 0 bridgehead atoms. The quantitative estimate of drug-likeness (QED) is 0.919. The molecule has 0 radical (unpaired) electrons. The number of ether oxygens (including phenoxy) is 1. The Bertz CT molecular complexity index is 454. The molecule has 1 aromatic carbocycles. The summed E-state index contributed by atoms with van der Waals surface area (Å²) in [5, 5.41) is 2.15. The van der Waals surface area contributed by atoms with E-state index < -0.39 is 18.9 Å². The van der Waals surface area contributed by atoms with Crippen LogP contribution in [0.4, 0.5) is 23.7 Å². The topological polar surface area (TPSA) is 55.4 Å². The molecule has 1 N–H and O–H groups in total. The smallest absolute Gasteiger partial charge is 0.422 e. The number of carbonyl (C=O) groups is 2. The summed E-state index contributed by atoms with van der Waals surface area (Å²) in [7, 11) is 0. The Morgan fingerprint density at radius 2 is 1.79 bits per heavy atom. The van der Waals surface area contributed by atoms with Crippen LogP contribution in [0.5, 0.6) is 0 Å². The van der Waals surface area contributed by atoms with Crippen LogP contribution in [-0.4, -0.2) is 24.7 Å². The lowest BCUT2D eigenvalue weighted by molar-refractivity contribution is -0.159. The number of rotatable bonds is 4. The van der Waals surface area contributed by atoms with E-state index in [0.717, 1.165) is 5.56 Å². The first-order chi connectivity index (χ1) is 8.76. The van der Waals surface area contributed by atoms with E-state index in [0.29, 0.717) is 5.69 Å². The maximum Gasteiger partial charge on any atom is 0.422 e. The van der Waals surface area contributed by atoms with Crippen molar-refractivity contribution >= 4 is 17.6 Å². The molecule has 0 saturated carbocycles. The van der Waals surface area contributed by atoms with E-state index in [4.69, 9.17) is 0 Å². The van der Waals surface area contributed by atoms with Crippen LogP contribution in [0, 0.1) is 0 Å². The number of hydrogen-bond acceptors (Lipinski definition) is 3. The van der Waals surface area contributed by atoms with Crippen LogP contribution in [0.15, 0.2) is 24.3 Å². The molecular weight excluding hydrogens is 263 g/mol. The Morgan fingerprint density at radius 1 is 1.21 bits per heavy atom. The van der Waals surface area contributed by atoms with Crippen molar-refractivity contribution < 1.29 is 27.5 Å². The molecule has 0 saturated heterocycles. The number of hydrogen-bond donors (Lipinski definition) is 1. The van der Waals surface area contributed by atoms with E-state index in [-0.39, 0.29) is 12.2 Å². The fourth-order valence-corrected chi connectivity index (χ4v) is 1.29. The van der Waals surface area contributed by atoms with Gasteiger partial charge in [-0.2, -0.15) is 13.2 Å². The highest BCUT2D eigenvalue weighted by Crippen LogP contribution is 2.15. The molecule has 1 aromatic rings. The number of carbonyl (C=O) groups excluding carboxylic acids is 2. The summed E-state index contributed by atoms with van der Waals surface area (Å²) < 4.78 is 39.4. The van der Waals surface area contributed by atoms with Crippen molar-refractivity contribution in [2.45, 2.75) is 19.5 Å². The predicted octanol–water partition coefficient (Wildman–Crippen LogP) is 2.93. The van der Waals surface area contributed by atoms with E-state index in [2.05, 4.69) is 10.1 Å². The summed E-state index contributed by atoms with van der Waals surface area (Å²) in [5.74, 6) is -0.00899. The predicted molar refractivity (Wildman–Crippen MR) is 61.9 cm³/mol. The molecule has 4 nitrogen and oxygen atoms in total. The van der Waals surface area contributed by atoms with Crippen molar-refractivity contribution in [2.75, 3.05) is 11.9 Å². The molecule has 0 heterocycles. The second kappa shape index (κ2) is 6.21. The maximum atomic E-state index is 11.8. The van der Waals surface area contributed by atoms with Crippen LogP contribution in [0.1, 0.15) is 12.5 Å². The fourth-order valence-electron chi connectivity index (χ4n) is 1.29. The van der Waals surface area contributed by atoms with Crippen molar-refractivity contribution in [3.8, 4) is 0 Å². The van der Waals surface area contributed by atoms with E-state index in [1.807, 2.05) is 0 Å². The zero-order valence-electron chi connectivity index (χ0n) is 10.1. The number of amides is 1. The van der Waals surface area contributed by atoms with Gasteiger partial charge in [0.2, 0.25) is 0 Å². The third-order valence-electron chi connectivity index (χ3n) is 2.02. The summed E-state index contributed by atoms with van der Waals surface area (Å²) >= 11 is 0. The molecule has 0 aliphatic heterocycles. The Balaban J connectivity index is 2.49. The molecule has 7 heteroatoms. The SMILES string of the molecule is CC(=O)Cc1ccc(NC(=O)OCC(F)(F)F)cc1. The summed E-state index contributed by atoms with van der Waals surface area (Å²) in [6, 6.07) is 6.15. The Labute approximate surface area is 107 Å². The number of anilines is 1. The highest BCUT2D eigenvalue weighted by atomic mass is 19.4. The van der Waals surface area contributed by atoms with Gasteiger partial charge in [-0.3, -0.25) is 10.1 Å². The summed E-state index contributed by atoms with van der Waals surface area (Å²) in [6.45, 7) is -0.193. The first-order valence-corrected chi connectivity index (χ1v) is 5.35. The molecule has 0 aromatic heterocycles. The molecule has 0 spiro atoms. The summed E-state index contributed by atoms with van der Waals surface area (Å²) in [4.78, 5) is 21.9. The third-order valence-corrected chi connectivity index (χ3v) is 2.02. The molecule has 0 fully saturated rings.